The minimum atomic E-state index is -0.463. The van der Waals surface area contributed by atoms with Crippen molar-refractivity contribution < 1.29 is 14.3 Å². The Hall–Kier alpha value is -3.95. The fourth-order valence-corrected chi connectivity index (χ4v) is 2.68. The van der Waals surface area contributed by atoms with E-state index in [4.69, 9.17) is 4.74 Å². The van der Waals surface area contributed by atoms with Crippen LogP contribution in [0.4, 0.5) is 22.0 Å². The Kier molecular flexibility index (Phi) is 4.83. The molecule has 0 spiro atoms. The summed E-state index contributed by atoms with van der Waals surface area (Å²) in [5.41, 5.74) is 1.43. The molecule has 142 valence electrons. The van der Waals surface area contributed by atoms with Crippen LogP contribution in [0.1, 0.15) is 0 Å². The van der Waals surface area contributed by atoms with Gasteiger partial charge in [-0.1, -0.05) is 0 Å². The third kappa shape index (κ3) is 4.06. The number of imidazole rings is 1. The molecule has 4 rings (SSSR count). The Morgan fingerprint density at radius 2 is 2.00 bits per heavy atom. The number of aromatic nitrogens is 4. The molecule has 3 aromatic rings. The van der Waals surface area contributed by atoms with Crippen molar-refractivity contribution in [1.82, 2.24) is 24.4 Å². The van der Waals surface area contributed by atoms with Crippen molar-refractivity contribution in [3.05, 3.63) is 55.4 Å². The van der Waals surface area contributed by atoms with Crippen LogP contribution in [0.5, 0.6) is 0 Å². The van der Waals surface area contributed by atoms with Gasteiger partial charge in [-0.25, -0.2) is 19.7 Å². The topological polar surface area (TPSA) is 114 Å². The van der Waals surface area contributed by atoms with Gasteiger partial charge in [-0.15, -0.1) is 0 Å². The molecule has 0 bridgehead atoms. The molecule has 1 aliphatic rings. The number of cyclic esters (lactones) is 1. The van der Waals surface area contributed by atoms with E-state index in [9.17, 15) is 9.59 Å². The van der Waals surface area contributed by atoms with Gasteiger partial charge in [-0.2, -0.15) is 0 Å². The Labute approximate surface area is 160 Å². The molecule has 2 aromatic heterocycles. The van der Waals surface area contributed by atoms with Gasteiger partial charge in [0.25, 0.3) is 0 Å². The predicted molar refractivity (Wildman–Crippen MR) is 100 cm³/mol. The zero-order valence-electron chi connectivity index (χ0n) is 14.8. The van der Waals surface area contributed by atoms with Crippen LogP contribution in [0, 0.1) is 0 Å². The maximum atomic E-state index is 12.0. The predicted octanol–water partition coefficient (Wildman–Crippen LogP) is 1.80. The molecular formula is C18H17N7O3. The van der Waals surface area contributed by atoms with Crippen LogP contribution in [0.25, 0.3) is 5.82 Å². The summed E-state index contributed by atoms with van der Waals surface area (Å²) in [4.78, 5) is 37.2. The molecule has 28 heavy (non-hydrogen) atoms. The van der Waals surface area contributed by atoms with Gasteiger partial charge in [0.05, 0.1) is 6.54 Å². The van der Waals surface area contributed by atoms with Crippen LogP contribution in [-0.4, -0.2) is 56.1 Å². The van der Waals surface area contributed by atoms with E-state index in [1.165, 1.54) is 11.2 Å². The summed E-state index contributed by atoms with van der Waals surface area (Å²) >= 11 is 0. The van der Waals surface area contributed by atoms with Gasteiger partial charge < -0.3 is 15.4 Å². The molecule has 1 aliphatic heterocycles. The molecule has 2 amide bonds. The Bertz CT molecular complexity index is 973. The van der Waals surface area contributed by atoms with Crippen molar-refractivity contribution >= 4 is 29.2 Å². The van der Waals surface area contributed by atoms with Crippen molar-refractivity contribution in [3.63, 3.8) is 0 Å². The molecule has 1 aromatic carbocycles. The zero-order chi connectivity index (χ0) is 19.3. The minimum Gasteiger partial charge on any atom is -0.448 e. The van der Waals surface area contributed by atoms with E-state index in [2.05, 4.69) is 25.6 Å². The summed E-state index contributed by atoms with van der Waals surface area (Å²) < 4.78 is 6.58. The van der Waals surface area contributed by atoms with E-state index in [0.29, 0.717) is 30.5 Å². The summed E-state index contributed by atoms with van der Waals surface area (Å²) in [7, 11) is 0. The van der Waals surface area contributed by atoms with Crippen molar-refractivity contribution in [2.24, 2.45) is 0 Å². The van der Waals surface area contributed by atoms with E-state index in [1.54, 1.807) is 41.5 Å². The van der Waals surface area contributed by atoms with E-state index in [-0.39, 0.29) is 12.5 Å². The average Bonchev–Trinajstić information content (AvgIpc) is 3.36. The number of ether oxygens (including phenoxy) is 1. The number of carbonyl (C=O) groups is 2. The molecule has 3 heterocycles. The highest BCUT2D eigenvalue weighted by Gasteiger charge is 2.23. The highest BCUT2D eigenvalue weighted by molar-refractivity contribution is 5.94. The number of nitrogens with one attached hydrogen (secondary N) is 2. The number of amides is 2. The molecule has 1 saturated heterocycles. The molecule has 2 N–H and O–H groups in total. The minimum absolute atomic E-state index is 0.0310. The number of carbonyl (C=O) groups excluding carboxylic acids is 2. The lowest BCUT2D eigenvalue weighted by molar-refractivity contribution is -0.116. The van der Waals surface area contributed by atoms with Crippen molar-refractivity contribution in [2.75, 3.05) is 30.3 Å². The number of benzene rings is 1. The Balaban J connectivity index is 1.36. The molecule has 0 atom stereocenters. The summed E-state index contributed by atoms with van der Waals surface area (Å²) in [5, 5.41) is 5.94. The summed E-state index contributed by atoms with van der Waals surface area (Å²) in [6.07, 6.45) is 6.14. The van der Waals surface area contributed by atoms with Crippen LogP contribution in [0.15, 0.2) is 55.4 Å². The highest BCUT2D eigenvalue weighted by atomic mass is 16.6. The van der Waals surface area contributed by atoms with Gasteiger partial charge in [-0.3, -0.25) is 14.3 Å². The van der Waals surface area contributed by atoms with Gasteiger partial charge in [0.15, 0.2) is 0 Å². The SMILES string of the molecule is O=C(CN1CCOC1=O)Nc1ccc(Nc2cc(-n3ccnc3)ncn2)cc1. The Morgan fingerprint density at radius 3 is 2.71 bits per heavy atom. The molecule has 1 fully saturated rings. The number of nitrogens with zero attached hydrogens (tertiary/aromatic N) is 5. The fourth-order valence-electron chi connectivity index (χ4n) is 2.68. The van der Waals surface area contributed by atoms with Crippen molar-refractivity contribution in [2.45, 2.75) is 0 Å². The molecule has 0 unspecified atom stereocenters. The van der Waals surface area contributed by atoms with Gasteiger partial charge in [0, 0.05) is 29.8 Å². The molecule has 0 saturated carbocycles. The van der Waals surface area contributed by atoms with Gasteiger partial charge in [-0.05, 0) is 24.3 Å². The van der Waals surface area contributed by atoms with Crippen molar-refractivity contribution in [3.8, 4) is 5.82 Å². The summed E-state index contributed by atoms with van der Waals surface area (Å²) in [6.45, 7) is 0.712. The van der Waals surface area contributed by atoms with Crippen molar-refractivity contribution in [1.29, 1.82) is 0 Å². The Morgan fingerprint density at radius 1 is 1.18 bits per heavy atom. The second-order valence-corrected chi connectivity index (χ2v) is 6.02. The van der Waals surface area contributed by atoms with E-state index in [1.807, 2.05) is 12.1 Å². The monoisotopic (exact) mass is 379 g/mol. The normalized spacial score (nSPS) is 13.3. The number of hydrogen-bond donors (Lipinski definition) is 2. The molecule has 10 nitrogen and oxygen atoms in total. The third-order valence-corrected chi connectivity index (χ3v) is 4.04. The summed E-state index contributed by atoms with van der Waals surface area (Å²) in [5.74, 6) is 1.04. The lowest BCUT2D eigenvalue weighted by Crippen LogP contribution is -2.33. The van der Waals surface area contributed by atoms with E-state index >= 15 is 0 Å². The second-order valence-electron chi connectivity index (χ2n) is 6.02. The maximum absolute atomic E-state index is 12.0. The van der Waals surface area contributed by atoms with Gasteiger partial charge in [0.2, 0.25) is 5.91 Å². The molecule has 0 aliphatic carbocycles. The molecular weight excluding hydrogens is 362 g/mol. The van der Waals surface area contributed by atoms with E-state index in [0.717, 1.165) is 5.69 Å². The largest absolute Gasteiger partial charge is 0.448 e. The quantitative estimate of drug-likeness (QED) is 0.671. The first-order valence-corrected chi connectivity index (χ1v) is 8.56. The first-order valence-electron chi connectivity index (χ1n) is 8.56. The number of anilines is 3. The highest BCUT2D eigenvalue weighted by Crippen LogP contribution is 2.18. The van der Waals surface area contributed by atoms with Crippen LogP contribution >= 0.6 is 0 Å². The van der Waals surface area contributed by atoms with Crippen LogP contribution in [0.3, 0.4) is 0 Å². The van der Waals surface area contributed by atoms with Crippen LogP contribution in [-0.2, 0) is 9.53 Å². The summed E-state index contributed by atoms with van der Waals surface area (Å²) in [6, 6.07) is 8.96. The first-order chi connectivity index (χ1) is 13.7. The number of hydrogen-bond acceptors (Lipinski definition) is 7. The standard InChI is InChI=1S/C18H17N7O3/c26-17(10-24-7-8-28-18(24)27)23-14-3-1-13(2-4-14)22-15-9-16(21-11-20-15)25-6-5-19-12-25/h1-6,9,11-12H,7-8,10H2,(H,23,26)(H,20,21,22). The number of rotatable bonds is 6. The fraction of sp³-hybridized carbons (Fsp3) is 0.167. The van der Waals surface area contributed by atoms with Crippen LogP contribution < -0.4 is 10.6 Å². The smallest absolute Gasteiger partial charge is 0.410 e. The van der Waals surface area contributed by atoms with Gasteiger partial charge >= 0.3 is 6.09 Å². The third-order valence-electron chi connectivity index (χ3n) is 4.04. The molecule has 0 radical (unpaired) electrons. The second kappa shape index (κ2) is 7.74. The van der Waals surface area contributed by atoms with Crippen LogP contribution in [0.2, 0.25) is 0 Å². The molecule has 10 heteroatoms. The first kappa shape index (κ1) is 17.5. The maximum Gasteiger partial charge on any atom is 0.410 e. The average molecular weight is 379 g/mol. The lowest BCUT2D eigenvalue weighted by Gasteiger charge is -2.13. The van der Waals surface area contributed by atoms with Gasteiger partial charge in [0.1, 0.15) is 37.4 Å². The lowest BCUT2D eigenvalue weighted by atomic mass is 10.2. The van der Waals surface area contributed by atoms with E-state index < -0.39 is 6.09 Å². The zero-order valence-corrected chi connectivity index (χ0v) is 14.8.